The molecule has 3 rings (SSSR count). The van der Waals surface area contributed by atoms with Gasteiger partial charge in [-0.05, 0) is 31.2 Å². The fourth-order valence-electron chi connectivity index (χ4n) is 1.94. The van der Waals surface area contributed by atoms with E-state index in [1.807, 2.05) is 30.5 Å². The molecule has 3 aromatic rings. The van der Waals surface area contributed by atoms with E-state index in [1.165, 1.54) is 11.3 Å². The van der Waals surface area contributed by atoms with Crippen molar-refractivity contribution in [3.05, 3.63) is 57.8 Å². The van der Waals surface area contributed by atoms with Crippen LogP contribution in [0.15, 0.2) is 42.9 Å². The molecule has 2 heterocycles. The summed E-state index contributed by atoms with van der Waals surface area (Å²) in [6.07, 6.45) is 4.94. The lowest BCUT2D eigenvalue weighted by atomic mass is 10.3. The third-order valence-corrected chi connectivity index (χ3v) is 4.49. The van der Waals surface area contributed by atoms with E-state index < -0.39 is 6.10 Å². The zero-order chi connectivity index (χ0) is 15.5. The number of thiazole rings is 1. The Balaban J connectivity index is 1.65. The zero-order valence-corrected chi connectivity index (χ0v) is 13.5. The van der Waals surface area contributed by atoms with Crippen LogP contribution in [0.4, 0.5) is 5.69 Å². The summed E-state index contributed by atoms with van der Waals surface area (Å²) >= 11 is 7.38. The van der Waals surface area contributed by atoms with Crippen LogP contribution in [0.1, 0.15) is 22.9 Å². The van der Waals surface area contributed by atoms with Crippen molar-refractivity contribution >= 4 is 28.6 Å². The average molecular weight is 335 g/mol. The number of rotatable bonds is 5. The highest BCUT2D eigenvalue weighted by Crippen LogP contribution is 2.21. The number of hydrogen-bond donors (Lipinski definition) is 2. The highest BCUT2D eigenvalue weighted by Gasteiger charge is 2.07. The fraction of sp³-hybridized carbons (Fsp3) is 0.200. The number of benzene rings is 1. The highest BCUT2D eigenvalue weighted by atomic mass is 35.5. The molecule has 0 radical (unpaired) electrons. The number of aliphatic hydroxyl groups excluding tert-OH is 1. The third kappa shape index (κ3) is 3.47. The quantitative estimate of drug-likeness (QED) is 0.747. The SMILES string of the molecule is CC(O)c1ncc(CNc2cnn(-c3ccc(Cl)cc3)c2)s1. The molecule has 22 heavy (non-hydrogen) atoms. The minimum atomic E-state index is -0.522. The Morgan fingerprint density at radius 3 is 2.77 bits per heavy atom. The number of anilines is 1. The van der Waals surface area contributed by atoms with Gasteiger partial charge in [-0.1, -0.05) is 11.6 Å². The van der Waals surface area contributed by atoms with Gasteiger partial charge in [-0.15, -0.1) is 11.3 Å². The van der Waals surface area contributed by atoms with E-state index in [4.69, 9.17) is 11.6 Å². The van der Waals surface area contributed by atoms with Crippen molar-refractivity contribution in [2.24, 2.45) is 0 Å². The molecule has 114 valence electrons. The summed E-state index contributed by atoms with van der Waals surface area (Å²) in [6, 6.07) is 7.50. The number of hydrogen-bond acceptors (Lipinski definition) is 5. The van der Waals surface area contributed by atoms with Crippen molar-refractivity contribution in [2.75, 3.05) is 5.32 Å². The van der Waals surface area contributed by atoms with Crippen LogP contribution in [0.25, 0.3) is 5.69 Å². The second-order valence-electron chi connectivity index (χ2n) is 4.84. The van der Waals surface area contributed by atoms with Crippen molar-refractivity contribution in [2.45, 2.75) is 19.6 Å². The van der Waals surface area contributed by atoms with E-state index in [2.05, 4.69) is 15.4 Å². The second-order valence-corrected chi connectivity index (χ2v) is 6.43. The number of halogens is 1. The second kappa shape index (κ2) is 6.48. The number of nitrogens with one attached hydrogen (secondary N) is 1. The maximum absolute atomic E-state index is 9.48. The fourth-order valence-corrected chi connectivity index (χ4v) is 2.86. The number of aliphatic hydroxyl groups is 1. The molecular weight excluding hydrogens is 320 g/mol. The van der Waals surface area contributed by atoms with Crippen LogP contribution in [0.3, 0.4) is 0 Å². The summed E-state index contributed by atoms with van der Waals surface area (Å²) in [5, 5.41) is 18.5. The molecule has 1 aromatic carbocycles. The molecule has 0 amide bonds. The van der Waals surface area contributed by atoms with E-state index >= 15 is 0 Å². The summed E-state index contributed by atoms with van der Waals surface area (Å²) in [7, 11) is 0. The predicted molar refractivity (Wildman–Crippen MR) is 88.6 cm³/mol. The molecule has 2 N–H and O–H groups in total. The van der Waals surface area contributed by atoms with Crippen LogP contribution in [0.2, 0.25) is 5.02 Å². The molecule has 0 aliphatic carbocycles. The van der Waals surface area contributed by atoms with Gasteiger partial charge in [0.1, 0.15) is 11.1 Å². The number of aromatic nitrogens is 3. The zero-order valence-electron chi connectivity index (χ0n) is 11.9. The summed E-state index contributed by atoms with van der Waals surface area (Å²) in [6.45, 7) is 2.36. The predicted octanol–water partition coefficient (Wildman–Crippen LogP) is 3.65. The van der Waals surface area contributed by atoms with Gasteiger partial charge in [0.15, 0.2) is 0 Å². The first kappa shape index (κ1) is 15.0. The molecule has 1 unspecified atom stereocenters. The first-order valence-corrected chi connectivity index (χ1v) is 7.98. The standard InChI is InChI=1S/C15H15ClN4OS/c1-10(21)15-18-8-14(22-15)7-17-12-6-19-20(9-12)13-4-2-11(16)3-5-13/h2-6,8-10,17,21H,7H2,1H3. The van der Waals surface area contributed by atoms with E-state index in [-0.39, 0.29) is 0 Å². The van der Waals surface area contributed by atoms with E-state index in [0.29, 0.717) is 11.6 Å². The van der Waals surface area contributed by atoms with Gasteiger partial charge in [0.2, 0.25) is 0 Å². The molecule has 0 saturated heterocycles. The Morgan fingerprint density at radius 2 is 2.09 bits per heavy atom. The Labute approximate surface area is 137 Å². The highest BCUT2D eigenvalue weighted by molar-refractivity contribution is 7.11. The maximum atomic E-state index is 9.48. The van der Waals surface area contributed by atoms with Gasteiger partial charge in [0.05, 0.1) is 30.3 Å². The van der Waals surface area contributed by atoms with E-state index in [0.717, 1.165) is 21.3 Å². The Morgan fingerprint density at radius 1 is 1.32 bits per heavy atom. The van der Waals surface area contributed by atoms with Crippen molar-refractivity contribution in [1.29, 1.82) is 0 Å². The molecule has 0 aliphatic heterocycles. The molecule has 2 aromatic heterocycles. The normalized spacial score (nSPS) is 12.3. The Bertz CT molecular complexity index is 751. The topological polar surface area (TPSA) is 63.0 Å². The molecule has 1 atom stereocenters. The molecule has 0 bridgehead atoms. The van der Waals surface area contributed by atoms with Crippen molar-refractivity contribution in [3.8, 4) is 5.69 Å². The lowest BCUT2D eigenvalue weighted by Gasteiger charge is -2.01. The van der Waals surface area contributed by atoms with Gasteiger partial charge in [-0.3, -0.25) is 0 Å². The molecule has 0 saturated carbocycles. The summed E-state index contributed by atoms with van der Waals surface area (Å²) in [4.78, 5) is 5.25. The summed E-state index contributed by atoms with van der Waals surface area (Å²) < 4.78 is 1.78. The molecule has 7 heteroatoms. The maximum Gasteiger partial charge on any atom is 0.121 e. The van der Waals surface area contributed by atoms with Gasteiger partial charge in [0.25, 0.3) is 0 Å². The monoisotopic (exact) mass is 334 g/mol. The van der Waals surface area contributed by atoms with Crippen LogP contribution in [-0.2, 0) is 6.54 Å². The van der Waals surface area contributed by atoms with Gasteiger partial charge >= 0.3 is 0 Å². The first-order chi connectivity index (χ1) is 10.6. The van der Waals surface area contributed by atoms with Gasteiger partial charge < -0.3 is 10.4 Å². The lowest BCUT2D eigenvalue weighted by molar-refractivity contribution is 0.199. The Kier molecular flexibility index (Phi) is 4.42. The third-order valence-electron chi connectivity index (χ3n) is 3.07. The van der Waals surface area contributed by atoms with E-state index in [9.17, 15) is 5.11 Å². The van der Waals surface area contributed by atoms with Gasteiger partial charge in [0, 0.05) is 16.1 Å². The van der Waals surface area contributed by atoms with Crippen LogP contribution >= 0.6 is 22.9 Å². The van der Waals surface area contributed by atoms with Gasteiger partial charge in [-0.25, -0.2) is 9.67 Å². The minimum absolute atomic E-state index is 0.522. The molecule has 5 nitrogen and oxygen atoms in total. The van der Waals surface area contributed by atoms with Gasteiger partial charge in [-0.2, -0.15) is 5.10 Å². The summed E-state index contributed by atoms with van der Waals surface area (Å²) in [5.41, 5.74) is 1.87. The van der Waals surface area contributed by atoms with Crippen LogP contribution in [-0.4, -0.2) is 19.9 Å². The minimum Gasteiger partial charge on any atom is -0.386 e. The number of nitrogens with zero attached hydrogens (tertiary/aromatic N) is 3. The van der Waals surface area contributed by atoms with Crippen molar-refractivity contribution < 1.29 is 5.11 Å². The Hall–Kier alpha value is -1.89. The van der Waals surface area contributed by atoms with Crippen molar-refractivity contribution in [1.82, 2.24) is 14.8 Å². The van der Waals surface area contributed by atoms with Crippen LogP contribution in [0, 0.1) is 0 Å². The molecular formula is C15H15ClN4OS. The lowest BCUT2D eigenvalue weighted by Crippen LogP contribution is -1.96. The smallest absolute Gasteiger partial charge is 0.121 e. The van der Waals surface area contributed by atoms with Crippen LogP contribution in [0.5, 0.6) is 0 Å². The average Bonchev–Trinajstić information content (AvgIpc) is 3.15. The van der Waals surface area contributed by atoms with E-state index in [1.54, 1.807) is 24.0 Å². The largest absolute Gasteiger partial charge is 0.386 e. The molecule has 0 spiro atoms. The van der Waals surface area contributed by atoms with Crippen LogP contribution < -0.4 is 5.32 Å². The summed E-state index contributed by atoms with van der Waals surface area (Å²) in [5.74, 6) is 0. The molecule has 0 fully saturated rings. The first-order valence-electron chi connectivity index (χ1n) is 6.79. The van der Waals surface area contributed by atoms with Crippen molar-refractivity contribution in [3.63, 3.8) is 0 Å². The molecule has 0 aliphatic rings.